The fourth-order valence-electron chi connectivity index (χ4n) is 1.35. The Morgan fingerprint density at radius 1 is 1.56 bits per heavy atom. The highest BCUT2D eigenvalue weighted by molar-refractivity contribution is 5.75. The quantitative estimate of drug-likeness (QED) is 0.567. The van der Waals surface area contributed by atoms with Gasteiger partial charge in [-0.15, -0.1) is 0 Å². The molecule has 0 spiro atoms. The van der Waals surface area contributed by atoms with E-state index >= 15 is 0 Å². The number of nitro groups is 1. The van der Waals surface area contributed by atoms with Crippen LogP contribution in [0, 0.1) is 10.1 Å². The molecule has 0 aliphatic heterocycles. The number of carbonyl (C=O) groups is 1. The lowest BCUT2D eigenvalue weighted by Gasteiger charge is -2.12. The number of nitro benzene ring substituents is 1. The average molecular weight is 223 g/mol. The summed E-state index contributed by atoms with van der Waals surface area (Å²) in [5.41, 5.74) is -0.0208. The summed E-state index contributed by atoms with van der Waals surface area (Å²) >= 11 is 0. The highest BCUT2D eigenvalue weighted by Crippen LogP contribution is 2.20. The van der Waals surface area contributed by atoms with E-state index in [1.807, 2.05) is 0 Å². The normalized spacial score (nSPS) is 11.9. The third-order valence-electron chi connectivity index (χ3n) is 1.94. The summed E-state index contributed by atoms with van der Waals surface area (Å²) in [6.45, 7) is 3.23. The van der Waals surface area contributed by atoms with Crippen molar-refractivity contribution in [3.8, 4) is 5.75 Å². The van der Waals surface area contributed by atoms with Crippen LogP contribution in [0.5, 0.6) is 5.75 Å². The first-order chi connectivity index (χ1) is 7.49. The van der Waals surface area contributed by atoms with Gasteiger partial charge in [0.25, 0.3) is 5.69 Å². The zero-order valence-electron chi connectivity index (χ0n) is 9.17. The Balaban J connectivity index is 2.70. The second kappa shape index (κ2) is 5.25. The Labute approximate surface area is 93.2 Å². The molecule has 0 aromatic heterocycles. The van der Waals surface area contributed by atoms with Gasteiger partial charge in [0.1, 0.15) is 17.6 Å². The monoisotopic (exact) mass is 223 g/mol. The smallest absolute Gasteiger partial charge is 0.273 e. The maximum atomic E-state index is 10.8. The fourth-order valence-corrected chi connectivity index (χ4v) is 1.35. The molecule has 86 valence electrons. The van der Waals surface area contributed by atoms with E-state index in [4.69, 9.17) is 4.74 Å². The minimum atomic E-state index is -0.484. The van der Waals surface area contributed by atoms with Gasteiger partial charge in [-0.1, -0.05) is 6.07 Å². The molecule has 1 aromatic rings. The van der Waals surface area contributed by atoms with Gasteiger partial charge in [-0.05, 0) is 19.9 Å². The Bertz CT molecular complexity index is 403. The third-order valence-corrected chi connectivity index (χ3v) is 1.94. The van der Waals surface area contributed by atoms with Gasteiger partial charge >= 0.3 is 0 Å². The van der Waals surface area contributed by atoms with Crippen LogP contribution in [0.4, 0.5) is 5.69 Å². The molecule has 0 fully saturated rings. The number of nitrogens with zero attached hydrogens (tertiary/aromatic N) is 1. The largest absolute Gasteiger partial charge is 0.490 e. The number of Topliss-reactive ketones (excluding diaryl/α,β-unsaturated/α-hetero) is 1. The molecule has 1 aromatic carbocycles. The maximum absolute atomic E-state index is 10.8. The van der Waals surface area contributed by atoms with Crippen LogP contribution >= 0.6 is 0 Å². The number of ether oxygens (including phenoxy) is 1. The molecule has 0 heterocycles. The molecule has 0 amide bonds. The maximum Gasteiger partial charge on any atom is 0.273 e. The minimum absolute atomic E-state index is 0.0208. The van der Waals surface area contributed by atoms with Crippen molar-refractivity contribution >= 4 is 11.5 Å². The summed E-state index contributed by atoms with van der Waals surface area (Å²) in [4.78, 5) is 20.9. The topological polar surface area (TPSA) is 69.4 Å². The van der Waals surface area contributed by atoms with Crippen molar-refractivity contribution in [3.05, 3.63) is 34.4 Å². The molecule has 16 heavy (non-hydrogen) atoms. The first-order valence-corrected chi connectivity index (χ1v) is 4.89. The van der Waals surface area contributed by atoms with E-state index < -0.39 is 4.92 Å². The van der Waals surface area contributed by atoms with Crippen molar-refractivity contribution in [3.63, 3.8) is 0 Å². The molecular formula is C11H13NO4. The van der Waals surface area contributed by atoms with Crippen molar-refractivity contribution in [2.75, 3.05) is 0 Å². The van der Waals surface area contributed by atoms with E-state index in [-0.39, 0.29) is 17.6 Å². The van der Waals surface area contributed by atoms with Gasteiger partial charge in [0, 0.05) is 12.5 Å². The SMILES string of the molecule is CC(=O)CC(C)Oc1cccc([N+](=O)[O-])c1. The second-order valence-electron chi connectivity index (χ2n) is 3.59. The Hall–Kier alpha value is -1.91. The third kappa shape index (κ3) is 3.68. The molecule has 5 heteroatoms. The summed E-state index contributed by atoms with van der Waals surface area (Å²) in [6.07, 6.45) is 0.0161. The Morgan fingerprint density at radius 3 is 2.81 bits per heavy atom. The predicted octanol–water partition coefficient (Wildman–Crippen LogP) is 2.34. The number of ketones is 1. The molecule has 1 atom stereocenters. The van der Waals surface area contributed by atoms with E-state index in [1.54, 1.807) is 19.1 Å². The van der Waals surface area contributed by atoms with Gasteiger partial charge in [0.15, 0.2) is 0 Å². The van der Waals surface area contributed by atoms with Crippen molar-refractivity contribution in [2.45, 2.75) is 26.4 Å². The number of rotatable bonds is 5. The first-order valence-electron chi connectivity index (χ1n) is 4.89. The molecule has 0 saturated heterocycles. The van der Waals surface area contributed by atoms with Gasteiger partial charge in [-0.25, -0.2) is 0 Å². The average Bonchev–Trinajstić information content (AvgIpc) is 2.16. The first kappa shape index (κ1) is 12.2. The lowest BCUT2D eigenvalue weighted by molar-refractivity contribution is -0.384. The number of hydrogen-bond donors (Lipinski definition) is 0. The van der Waals surface area contributed by atoms with E-state index in [0.29, 0.717) is 12.2 Å². The molecule has 5 nitrogen and oxygen atoms in total. The lowest BCUT2D eigenvalue weighted by Crippen LogP contribution is -2.15. The fraction of sp³-hybridized carbons (Fsp3) is 0.364. The van der Waals surface area contributed by atoms with Crippen LogP contribution in [0.3, 0.4) is 0 Å². The number of benzene rings is 1. The molecule has 0 bridgehead atoms. The summed E-state index contributed by atoms with van der Waals surface area (Å²) in [7, 11) is 0. The van der Waals surface area contributed by atoms with Crippen LogP contribution in [-0.2, 0) is 4.79 Å². The predicted molar refractivity (Wildman–Crippen MR) is 58.5 cm³/mol. The summed E-state index contributed by atoms with van der Waals surface area (Å²) in [5, 5.41) is 10.5. The molecule has 0 radical (unpaired) electrons. The van der Waals surface area contributed by atoms with Crippen LogP contribution in [0.1, 0.15) is 20.3 Å². The van der Waals surface area contributed by atoms with Crippen LogP contribution in [0.25, 0.3) is 0 Å². The van der Waals surface area contributed by atoms with Crippen LogP contribution in [0.15, 0.2) is 24.3 Å². The molecule has 1 rings (SSSR count). The highest BCUT2D eigenvalue weighted by atomic mass is 16.6. The van der Waals surface area contributed by atoms with Crippen LogP contribution in [0.2, 0.25) is 0 Å². The lowest BCUT2D eigenvalue weighted by atomic mass is 10.2. The van der Waals surface area contributed by atoms with Crippen LogP contribution in [-0.4, -0.2) is 16.8 Å². The summed E-state index contributed by atoms with van der Waals surface area (Å²) in [6, 6.07) is 5.91. The molecule has 0 saturated carbocycles. The van der Waals surface area contributed by atoms with Crippen molar-refractivity contribution in [1.29, 1.82) is 0 Å². The van der Waals surface area contributed by atoms with Crippen LogP contribution < -0.4 is 4.74 Å². The second-order valence-corrected chi connectivity index (χ2v) is 3.59. The van der Waals surface area contributed by atoms with E-state index in [2.05, 4.69) is 0 Å². The molecular weight excluding hydrogens is 210 g/mol. The molecule has 0 N–H and O–H groups in total. The minimum Gasteiger partial charge on any atom is -0.490 e. The standard InChI is InChI=1S/C11H13NO4/c1-8(13)6-9(2)16-11-5-3-4-10(7-11)12(14)15/h3-5,7,9H,6H2,1-2H3. The molecule has 0 aliphatic rings. The van der Waals surface area contributed by atoms with E-state index in [1.165, 1.54) is 19.1 Å². The highest BCUT2D eigenvalue weighted by Gasteiger charge is 2.10. The Kier molecular flexibility index (Phi) is 3.99. The Morgan fingerprint density at radius 2 is 2.25 bits per heavy atom. The van der Waals surface area contributed by atoms with Gasteiger partial charge < -0.3 is 4.74 Å². The number of non-ortho nitro benzene ring substituents is 1. The van der Waals surface area contributed by atoms with Gasteiger partial charge in [-0.2, -0.15) is 0 Å². The zero-order valence-corrected chi connectivity index (χ0v) is 9.17. The van der Waals surface area contributed by atoms with E-state index in [0.717, 1.165) is 0 Å². The summed E-state index contributed by atoms with van der Waals surface area (Å²) < 4.78 is 5.39. The van der Waals surface area contributed by atoms with Crippen molar-refractivity contribution in [2.24, 2.45) is 0 Å². The van der Waals surface area contributed by atoms with Crippen molar-refractivity contribution in [1.82, 2.24) is 0 Å². The molecule has 1 unspecified atom stereocenters. The van der Waals surface area contributed by atoms with Gasteiger partial charge in [-0.3, -0.25) is 14.9 Å². The van der Waals surface area contributed by atoms with E-state index in [9.17, 15) is 14.9 Å². The van der Waals surface area contributed by atoms with Crippen molar-refractivity contribution < 1.29 is 14.5 Å². The number of carbonyl (C=O) groups excluding carboxylic acids is 1. The summed E-state index contributed by atoms with van der Waals surface area (Å²) in [5.74, 6) is 0.431. The zero-order chi connectivity index (χ0) is 12.1. The number of hydrogen-bond acceptors (Lipinski definition) is 4. The van der Waals surface area contributed by atoms with Gasteiger partial charge in [0.05, 0.1) is 11.0 Å². The molecule has 0 aliphatic carbocycles. The van der Waals surface area contributed by atoms with Gasteiger partial charge in [0.2, 0.25) is 0 Å².